The molecule has 0 radical (unpaired) electrons. The Hall–Kier alpha value is 0.150. The van der Waals surface area contributed by atoms with E-state index in [1.54, 1.807) is 0 Å². The third-order valence-electron chi connectivity index (χ3n) is 0.673. The molecule has 0 aromatic carbocycles. The highest BCUT2D eigenvalue weighted by Crippen LogP contribution is 2.39. The summed E-state index contributed by atoms with van der Waals surface area (Å²) in [5.41, 5.74) is -0.535. The Morgan fingerprint density at radius 3 is 0.625 bits per heavy atom. The van der Waals surface area contributed by atoms with E-state index < -0.39 is 13.3 Å². The van der Waals surface area contributed by atoms with E-state index in [9.17, 15) is 4.57 Å². The number of rotatable bonds is 1. The van der Waals surface area contributed by atoms with Gasteiger partial charge in [-0.05, 0) is 11.8 Å². The fourth-order valence-electron chi connectivity index (χ4n) is 0. The summed E-state index contributed by atoms with van der Waals surface area (Å²) in [5, 5.41) is 0. The molecule has 0 spiro atoms. The fourth-order valence-corrected chi connectivity index (χ4v) is 0. The standard InChI is InChI=1S/2C4H10.C3H9O3P.3C3H8/c2*1-4(2)3;1-3(2)7(4,5)6;3*1-3-2/h2*4H,1-3H3;3H,1-2H3,(H2,4,5,6);3*3H2,1-2H3. The molecule has 0 fully saturated rings. The molecule has 2 N–H and O–H groups in total. The maximum absolute atomic E-state index is 10.0. The van der Waals surface area contributed by atoms with Crippen LogP contribution in [0.4, 0.5) is 0 Å². The van der Waals surface area contributed by atoms with Crippen LogP contribution in [-0.2, 0) is 4.57 Å². The van der Waals surface area contributed by atoms with E-state index in [-0.39, 0.29) is 0 Å². The predicted molar refractivity (Wildman–Crippen MR) is 116 cm³/mol. The van der Waals surface area contributed by atoms with Crippen molar-refractivity contribution in [3.8, 4) is 0 Å². The zero-order valence-corrected chi connectivity index (χ0v) is 20.5. The summed E-state index contributed by atoms with van der Waals surface area (Å²) in [5.74, 6) is 1.67. The summed E-state index contributed by atoms with van der Waals surface area (Å²) in [6.07, 6.45) is 3.75. The van der Waals surface area contributed by atoms with Crippen LogP contribution in [0.1, 0.15) is 116 Å². The van der Waals surface area contributed by atoms with Crippen molar-refractivity contribution in [2.45, 2.75) is 122 Å². The molecule has 0 aromatic rings. The van der Waals surface area contributed by atoms with E-state index >= 15 is 0 Å². The lowest BCUT2D eigenvalue weighted by Crippen LogP contribution is -1.93. The van der Waals surface area contributed by atoms with Gasteiger partial charge in [-0.25, -0.2) is 0 Å². The van der Waals surface area contributed by atoms with Crippen LogP contribution < -0.4 is 0 Å². The van der Waals surface area contributed by atoms with Gasteiger partial charge in [-0.1, -0.05) is 116 Å². The summed E-state index contributed by atoms with van der Waals surface area (Å²) in [6, 6.07) is 0. The molecular weight excluding hydrogens is 319 g/mol. The Kier molecular flexibility index (Phi) is 56.4. The van der Waals surface area contributed by atoms with Gasteiger partial charge < -0.3 is 9.79 Å². The van der Waals surface area contributed by atoms with Crippen LogP contribution in [0.2, 0.25) is 0 Å². The number of hydrogen-bond donors (Lipinski definition) is 2. The molecule has 3 nitrogen and oxygen atoms in total. The molecule has 0 heterocycles. The smallest absolute Gasteiger partial charge is 0.324 e. The average molecular weight is 373 g/mol. The predicted octanol–water partition coefficient (Wildman–Crippen LogP) is 8.15. The molecule has 0 aliphatic carbocycles. The van der Waals surface area contributed by atoms with Crippen molar-refractivity contribution in [2.75, 3.05) is 0 Å². The third kappa shape index (κ3) is 262. The van der Waals surface area contributed by atoms with Crippen LogP contribution in [-0.4, -0.2) is 15.4 Å². The Morgan fingerprint density at radius 2 is 0.625 bits per heavy atom. The van der Waals surface area contributed by atoms with Crippen LogP contribution in [0.5, 0.6) is 0 Å². The summed E-state index contributed by atoms with van der Waals surface area (Å²) >= 11 is 0. The molecule has 0 bridgehead atoms. The monoisotopic (exact) mass is 372 g/mol. The highest BCUT2D eigenvalue weighted by atomic mass is 31.2. The van der Waals surface area contributed by atoms with Gasteiger partial charge in [-0.3, -0.25) is 4.57 Å². The van der Waals surface area contributed by atoms with Crippen LogP contribution >= 0.6 is 7.60 Å². The molecule has 0 saturated carbocycles. The van der Waals surface area contributed by atoms with Crippen molar-refractivity contribution >= 4 is 7.60 Å². The van der Waals surface area contributed by atoms with Gasteiger partial charge in [0.1, 0.15) is 0 Å². The Morgan fingerprint density at radius 1 is 0.583 bits per heavy atom. The average Bonchev–Trinajstić information content (AvgIpc) is 2.28. The topological polar surface area (TPSA) is 57.5 Å². The summed E-state index contributed by atoms with van der Waals surface area (Å²) in [6.45, 7) is 28.7. The van der Waals surface area contributed by atoms with Crippen molar-refractivity contribution in [3.05, 3.63) is 0 Å². The molecule has 0 amide bonds. The molecule has 24 heavy (non-hydrogen) atoms. The van der Waals surface area contributed by atoms with Gasteiger partial charge in [-0.15, -0.1) is 0 Å². The molecule has 0 saturated heterocycles. The maximum atomic E-state index is 10.0. The van der Waals surface area contributed by atoms with Gasteiger partial charge in [0.15, 0.2) is 0 Å². The van der Waals surface area contributed by atoms with Gasteiger partial charge in [0.25, 0.3) is 0 Å². The van der Waals surface area contributed by atoms with Crippen molar-refractivity contribution in [1.29, 1.82) is 0 Å². The lowest BCUT2D eigenvalue weighted by atomic mass is 10.3. The van der Waals surface area contributed by atoms with Crippen molar-refractivity contribution < 1.29 is 14.4 Å². The van der Waals surface area contributed by atoms with E-state index in [0.29, 0.717) is 0 Å². The quantitative estimate of drug-likeness (QED) is 0.456. The van der Waals surface area contributed by atoms with Gasteiger partial charge in [-0.2, -0.15) is 0 Å². The minimum Gasteiger partial charge on any atom is -0.324 e. The summed E-state index contributed by atoms with van der Waals surface area (Å²) in [4.78, 5) is 16.4. The van der Waals surface area contributed by atoms with E-state index in [2.05, 4.69) is 83.1 Å². The van der Waals surface area contributed by atoms with Crippen LogP contribution in [0.25, 0.3) is 0 Å². The van der Waals surface area contributed by atoms with Crippen molar-refractivity contribution in [2.24, 2.45) is 11.8 Å². The molecule has 0 unspecified atom stereocenters. The lowest BCUT2D eigenvalue weighted by molar-refractivity contribution is 0.363. The summed E-state index contributed by atoms with van der Waals surface area (Å²) < 4.78 is 10.0. The van der Waals surface area contributed by atoms with E-state index in [0.717, 1.165) is 11.8 Å². The second kappa shape index (κ2) is 34.5. The Balaban J connectivity index is -0.0000000422. The first-order valence-corrected chi connectivity index (χ1v) is 11.4. The molecule has 4 heteroatoms. The van der Waals surface area contributed by atoms with Crippen molar-refractivity contribution in [1.82, 2.24) is 0 Å². The Bertz CT molecular complexity index is 181. The van der Waals surface area contributed by atoms with Gasteiger partial charge in [0.05, 0.1) is 5.66 Å². The fraction of sp³-hybridized carbons (Fsp3) is 1.00. The summed E-state index contributed by atoms with van der Waals surface area (Å²) in [7, 11) is -3.74. The lowest BCUT2D eigenvalue weighted by Gasteiger charge is -2.04. The first-order valence-electron chi connectivity index (χ1n) is 9.70. The van der Waals surface area contributed by atoms with Crippen LogP contribution in [0, 0.1) is 11.8 Å². The highest BCUT2D eigenvalue weighted by Gasteiger charge is 2.17. The van der Waals surface area contributed by atoms with E-state index in [1.165, 1.54) is 33.1 Å². The molecular formula is C20H53O3P. The zero-order valence-electron chi connectivity index (χ0n) is 19.6. The van der Waals surface area contributed by atoms with Crippen molar-refractivity contribution in [3.63, 3.8) is 0 Å². The first-order chi connectivity index (χ1) is 10.7. The van der Waals surface area contributed by atoms with Gasteiger partial charge in [0, 0.05) is 0 Å². The maximum Gasteiger partial charge on any atom is 0.328 e. The van der Waals surface area contributed by atoms with E-state index in [4.69, 9.17) is 9.79 Å². The van der Waals surface area contributed by atoms with Gasteiger partial charge in [0.2, 0.25) is 0 Å². The molecule has 0 aliphatic rings. The molecule has 0 aromatic heterocycles. The van der Waals surface area contributed by atoms with Crippen LogP contribution in [0.3, 0.4) is 0 Å². The third-order valence-corrected chi connectivity index (χ3v) is 2.02. The minimum absolute atomic E-state index is 0.535. The largest absolute Gasteiger partial charge is 0.328 e. The molecule has 0 rings (SSSR count). The number of hydrogen-bond acceptors (Lipinski definition) is 1. The zero-order chi connectivity index (χ0) is 21.4. The van der Waals surface area contributed by atoms with Gasteiger partial charge >= 0.3 is 7.60 Å². The molecule has 0 atom stereocenters. The van der Waals surface area contributed by atoms with E-state index in [1.807, 2.05) is 0 Å². The second-order valence-corrected chi connectivity index (χ2v) is 9.48. The first kappa shape index (κ1) is 39.3. The molecule has 156 valence electrons. The normalized spacial score (nSPS) is 8.96. The highest BCUT2D eigenvalue weighted by molar-refractivity contribution is 7.52. The SMILES string of the molecule is CC(C)C.CC(C)C.CC(C)P(=O)(O)O.CCC.CCC.CCC. The minimum atomic E-state index is -3.74. The Labute approximate surface area is 156 Å². The molecule has 0 aliphatic heterocycles. The van der Waals surface area contributed by atoms with Crippen LogP contribution in [0.15, 0.2) is 0 Å². The second-order valence-electron chi connectivity index (χ2n) is 7.27.